The lowest BCUT2D eigenvalue weighted by Crippen LogP contribution is -2.01. The molecule has 0 heterocycles. The largest absolute Gasteiger partial charge is 0.207 e. The first-order chi connectivity index (χ1) is 8.99. The van der Waals surface area contributed by atoms with Gasteiger partial charge < -0.3 is 0 Å². The van der Waals surface area contributed by atoms with Crippen molar-refractivity contribution in [3.63, 3.8) is 0 Å². The van der Waals surface area contributed by atoms with Crippen molar-refractivity contribution in [1.82, 2.24) is 0 Å². The van der Waals surface area contributed by atoms with Gasteiger partial charge in [0.25, 0.3) is 0 Å². The van der Waals surface area contributed by atoms with Gasteiger partial charge in [0, 0.05) is 10.6 Å². The minimum Gasteiger partial charge on any atom is -0.207 e. The summed E-state index contributed by atoms with van der Waals surface area (Å²) in [6, 6.07) is 9.17. The maximum atomic E-state index is 13.5. The van der Waals surface area contributed by atoms with E-state index < -0.39 is 17.0 Å². The van der Waals surface area contributed by atoms with Crippen LogP contribution in [0.1, 0.15) is 22.1 Å². The van der Waals surface area contributed by atoms with Crippen LogP contribution in [0, 0.1) is 18.6 Å². The fraction of sp³-hybridized carbons (Fsp3) is 0.200. The monoisotopic (exact) mass is 300 g/mol. The smallest absolute Gasteiger partial charge is 0.129 e. The van der Waals surface area contributed by atoms with Gasteiger partial charge >= 0.3 is 0 Å². The molecule has 4 heteroatoms. The van der Waals surface area contributed by atoms with Crippen molar-refractivity contribution in [3.05, 3.63) is 69.7 Å². The molecule has 0 aliphatic rings. The minimum atomic E-state index is -0.580. The van der Waals surface area contributed by atoms with Crippen LogP contribution in [0.4, 0.5) is 8.78 Å². The Balaban J connectivity index is 2.25. The fourth-order valence-corrected chi connectivity index (χ4v) is 2.31. The highest BCUT2D eigenvalue weighted by Gasteiger charge is 2.16. The van der Waals surface area contributed by atoms with Crippen LogP contribution in [0.15, 0.2) is 36.4 Å². The molecule has 0 aliphatic carbocycles. The summed E-state index contributed by atoms with van der Waals surface area (Å²) in [4.78, 5) is 0. The third-order valence-corrected chi connectivity index (χ3v) is 3.82. The van der Waals surface area contributed by atoms with Crippen molar-refractivity contribution < 1.29 is 8.78 Å². The third kappa shape index (κ3) is 3.26. The lowest BCUT2D eigenvalue weighted by Gasteiger charge is -2.12. The molecule has 0 aromatic heterocycles. The van der Waals surface area contributed by atoms with Crippen LogP contribution in [0.2, 0.25) is 5.02 Å². The molecule has 0 spiro atoms. The summed E-state index contributed by atoms with van der Waals surface area (Å²) in [6.45, 7) is 1.88. The summed E-state index contributed by atoms with van der Waals surface area (Å²) in [5, 5.41) is 0.0710. The number of benzene rings is 2. The number of aryl methyl sites for hydroxylation is 1. The first-order valence-corrected chi connectivity index (χ1v) is 6.63. The molecular formula is C15H12Cl2F2. The van der Waals surface area contributed by atoms with Gasteiger partial charge in [0.2, 0.25) is 0 Å². The number of hydrogen-bond donors (Lipinski definition) is 0. The Kier molecular flexibility index (Phi) is 4.43. The lowest BCUT2D eigenvalue weighted by atomic mass is 10.0. The van der Waals surface area contributed by atoms with Crippen molar-refractivity contribution >= 4 is 23.2 Å². The van der Waals surface area contributed by atoms with Crippen molar-refractivity contribution in [2.75, 3.05) is 0 Å². The first-order valence-electron chi connectivity index (χ1n) is 5.82. The Labute approximate surface area is 121 Å². The van der Waals surface area contributed by atoms with E-state index in [2.05, 4.69) is 0 Å². The second-order valence-corrected chi connectivity index (χ2v) is 5.31. The number of alkyl halides is 1. The summed E-state index contributed by atoms with van der Waals surface area (Å²) < 4.78 is 27.1. The molecule has 0 aliphatic heterocycles. The van der Waals surface area contributed by atoms with E-state index in [1.54, 1.807) is 6.07 Å². The van der Waals surface area contributed by atoms with Crippen LogP contribution in [0.3, 0.4) is 0 Å². The average Bonchev–Trinajstić information content (AvgIpc) is 2.37. The zero-order valence-electron chi connectivity index (χ0n) is 10.3. The summed E-state index contributed by atoms with van der Waals surface area (Å²) in [5.74, 6) is -1.16. The topological polar surface area (TPSA) is 0 Å². The number of rotatable bonds is 3. The Morgan fingerprint density at radius 1 is 1.11 bits per heavy atom. The predicted molar refractivity (Wildman–Crippen MR) is 74.8 cm³/mol. The Bertz CT molecular complexity index is 576. The first kappa shape index (κ1) is 14.3. The van der Waals surface area contributed by atoms with E-state index in [1.807, 2.05) is 19.1 Å². The van der Waals surface area contributed by atoms with Crippen LogP contribution in [-0.4, -0.2) is 0 Å². The van der Waals surface area contributed by atoms with Gasteiger partial charge in [-0.25, -0.2) is 8.78 Å². The van der Waals surface area contributed by atoms with Gasteiger partial charge in [0.05, 0.1) is 5.38 Å². The fourth-order valence-electron chi connectivity index (χ4n) is 1.83. The molecule has 19 heavy (non-hydrogen) atoms. The highest BCUT2D eigenvalue weighted by molar-refractivity contribution is 6.31. The van der Waals surface area contributed by atoms with E-state index in [1.165, 1.54) is 18.2 Å². The van der Waals surface area contributed by atoms with Gasteiger partial charge in [-0.05, 0) is 42.7 Å². The lowest BCUT2D eigenvalue weighted by molar-refractivity contribution is 0.553. The second-order valence-electron chi connectivity index (χ2n) is 4.38. The maximum absolute atomic E-state index is 13.5. The molecule has 0 fully saturated rings. The van der Waals surface area contributed by atoms with Crippen LogP contribution in [-0.2, 0) is 6.42 Å². The third-order valence-electron chi connectivity index (χ3n) is 3.00. The maximum Gasteiger partial charge on any atom is 0.129 e. The normalized spacial score (nSPS) is 12.5. The molecule has 0 saturated heterocycles. The molecule has 100 valence electrons. The van der Waals surface area contributed by atoms with E-state index in [0.29, 0.717) is 5.02 Å². The van der Waals surface area contributed by atoms with Crippen LogP contribution in [0.25, 0.3) is 0 Å². The molecule has 2 aromatic carbocycles. The van der Waals surface area contributed by atoms with E-state index >= 15 is 0 Å². The van der Waals surface area contributed by atoms with Crippen LogP contribution in [0.5, 0.6) is 0 Å². The van der Waals surface area contributed by atoms with E-state index in [9.17, 15) is 8.78 Å². The SMILES string of the molecule is Cc1ccc(C(Cl)Cc2c(F)cccc2F)cc1Cl. The molecule has 0 bridgehead atoms. The van der Waals surface area contributed by atoms with E-state index in [-0.39, 0.29) is 12.0 Å². The van der Waals surface area contributed by atoms with Gasteiger partial charge in [-0.2, -0.15) is 0 Å². The van der Waals surface area contributed by atoms with Gasteiger partial charge in [0.1, 0.15) is 11.6 Å². The Morgan fingerprint density at radius 3 is 2.32 bits per heavy atom. The van der Waals surface area contributed by atoms with E-state index in [4.69, 9.17) is 23.2 Å². The van der Waals surface area contributed by atoms with Gasteiger partial charge in [-0.15, -0.1) is 11.6 Å². The zero-order valence-corrected chi connectivity index (χ0v) is 11.8. The van der Waals surface area contributed by atoms with Gasteiger partial charge in [0.15, 0.2) is 0 Å². The van der Waals surface area contributed by atoms with Crippen molar-refractivity contribution in [2.45, 2.75) is 18.7 Å². The molecule has 1 unspecified atom stereocenters. The zero-order chi connectivity index (χ0) is 14.0. The van der Waals surface area contributed by atoms with Crippen molar-refractivity contribution in [2.24, 2.45) is 0 Å². The summed E-state index contributed by atoms with van der Waals surface area (Å²) >= 11 is 12.2. The molecule has 2 rings (SSSR count). The summed E-state index contributed by atoms with van der Waals surface area (Å²) in [6.07, 6.45) is 0.0828. The van der Waals surface area contributed by atoms with Crippen molar-refractivity contribution in [3.8, 4) is 0 Å². The Hall–Kier alpha value is -1.12. The molecule has 2 aromatic rings. The summed E-state index contributed by atoms with van der Waals surface area (Å²) in [7, 11) is 0. The average molecular weight is 301 g/mol. The van der Waals surface area contributed by atoms with Crippen LogP contribution >= 0.6 is 23.2 Å². The molecule has 0 nitrogen and oxygen atoms in total. The quantitative estimate of drug-likeness (QED) is 0.661. The van der Waals surface area contributed by atoms with Gasteiger partial charge in [-0.1, -0.05) is 29.8 Å². The predicted octanol–water partition coefficient (Wildman–Crippen LogP) is 5.45. The molecule has 0 N–H and O–H groups in total. The molecular weight excluding hydrogens is 289 g/mol. The highest BCUT2D eigenvalue weighted by Crippen LogP contribution is 2.30. The number of hydrogen-bond acceptors (Lipinski definition) is 0. The number of halogens is 4. The molecule has 0 amide bonds. The van der Waals surface area contributed by atoms with E-state index in [0.717, 1.165) is 11.1 Å². The second kappa shape index (κ2) is 5.89. The standard InChI is InChI=1S/C15H12Cl2F2/c1-9-5-6-10(7-12(9)16)13(17)8-11-14(18)3-2-4-15(11)19/h2-7,13H,8H2,1H3. The Morgan fingerprint density at radius 2 is 1.74 bits per heavy atom. The van der Waals surface area contributed by atoms with Gasteiger partial charge in [-0.3, -0.25) is 0 Å². The molecule has 1 atom stereocenters. The highest BCUT2D eigenvalue weighted by atomic mass is 35.5. The minimum absolute atomic E-state index is 0.000743. The molecule has 0 radical (unpaired) electrons. The summed E-state index contributed by atoms with van der Waals surface area (Å²) in [5.41, 5.74) is 1.69. The molecule has 0 saturated carbocycles. The van der Waals surface area contributed by atoms with Crippen molar-refractivity contribution in [1.29, 1.82) is 0 Å². The van der Waals surface area contributed by atoms with Crippen LogP contribution < -0.4 is 0 Å².